The molecule has 1 aliphatic rings. The van der Waals surface area contributed by atoms with Crippen molar-refractivity contribution in [3.8, 4) is 0 Å². The summed E-state index contributed by atoms with van der Waals surface area (Å²) in [5.74, 6) is 0.717. The van der Waals surface area contributed by atoms with Gasteiger partial charge in [-0.1, -0.05) is 24.3 Å². The van der Waals surface area contributed by atoms with E-state index in [-0.39, 0.29) is 17.7 Å². The van der Waals surface area contributed by atoms with Crippen molar-refractivity contribution in [1.82, 2.24) is 24.8 Å². The Bertz CT molecular complexity index is 1130. The van der Waals surface area contributed by atoms with Gasteiger partial charge in [-0.05, 0) is 50.3 Å². The van der Waals surface area contributed by atoms with E-state index < -0.39 is 0 Å². The molecule has 1 aromatic carbocycles. The van der Waals surface area contributed by atoms with Gasteiger partial charge in [0, 0.05) is 38.3 Å². The third-order valence-corrected chi connectivity index (χ3v) is 5.64. The molecule has 1 aliphatic heterocycles. The number of para-hydroxylation sites is 1. The number of pyridine rings is 1. The summed E-state index contributed by atoms with van der Waals surface area (Å²) in [7, 11) is 3.43. The number of hydrogen-bond donors (Lipinski definition) is 0. The van der Waals surface area contributed by atoms with Crippen LogP contribution in [0.2, 0.25) is 0 Å². The standard InChI is InChI=1S/C24H27N5O2/c1-16-25-19(14-22(26-16)23(30)28(2)3)13-17-7-6-12-29(15-17)24(31)21-11-10-18-8-4-5-9-20(18)27-21/h4-5,8-11,14,17H,6-7,12-13,15H2,1-3H3/t17-/m1/s1. The molecule has 3 heterocycles. The van der Waals surface area contributed by atoms with Gasteiger partial charge in [0.05, 0.1) is 5.52 Å². The van der Waals surface area contributed by atoms with Gasteiger partial charge >= 0.3 is 0 Å². The van der Waals surface area contributed by atoms with Crippen LogP contribution in [0.25, 0.3) is 10.9 Å². The monoisotopic (exact) mass is 417 g/mol. The Kier molecular flexibility index (Phi) is 5.93. The normalized spacial score (nSPS) is 16.4. The maximum absolute atomic E-state index is 13.1. The van der Waals surface area contributed by atoms with Crippen molar-refractivity contribution in [2.75, 3.05) is 27.2 Å². The van der Waals surface area contributed by atoms with Crippen LogP contribution in [0.4, 0.5) is 0 Å². The maximum Gasteiger partial charge on any atom is 0.272 e. The number of aromatic nitrogens is 3. The van der Waals surface area contributed by atoms with Crippen LogP contribution in [-0.2, 0) is 6.42 Å². The summed E-state index contributed by atoms with van der Waals surface area (Å²) in [5, 5.41) is 1.03. The molecule has 1 saturated heterocycles. The molecule has 160 valence electrons. The first kappa shape index (κ1) is 20.9. The zero-order valence-electron chi connectivity index (χ0n) is 18.2. The summed E-state index contributed by atoms with van der Waals surface area (Å²) in [6.07, 6.45) is 2.68. The first-order valence-corrected chi connectivity index (χ1v) is 10.6. The minimum atomic E-state index is -0.130. The number of fused-ring (bicyclic) bond motifs is 1. The van der Waals surface area contributed by atoms with E-state index in [0.29, 0.717) is 30.2 Å². The molecule has 1 fully saturated rings. The van der Waals surface area contributed by atoms with Gasteiger partial charge in [0.15, 0.2) is 0 Å². The molecular formula is C24H27N5O2. The Morgan fingerprint density at radius 2 is 1.87 bits per heavy atom. The fourth-order valence-corrected chi connectivity index (χ4v) is 4.13. The highest BCUT2D eigenvalue weighted by molar-refractivity contribution is 5.95. The minimum absolute atomic E-state index is 0.0298. The smallest absolute Gasteiger partial charge is 0.272 e. The van der Waals surface area contributed by atoms with Crippen molar-refractivity contribution in [3.63, 3.8) is 0 Å². The highest BCUT2D eigenvalue weighted by Gasteiger charge is 2.26. The number of carbonyl (C=O) groups excluding carboxylic acids is 2. The van der Waals surface area contributed by atoms with E-state index in [0.717, 1.165) is 36.0 Å². The van der Waals surface area contributed by atoms with Crippen LogP contribution in [0.3, 0.4) is 0 Å². The minimum Gasteiger partial charge on any atom is -0.343 e. The third-order valence-electron chi connectivity index (χ3n) is 5.64. The lowest BCUT2D eigenvalue weighted by atomic mass is 9.92. The van der Waals surface area contributed by atoms with Crippen molar-refractivity contribution in [1.29, 1.82) is 0 Å². The van der Waals surface area contributed by atoms with E-state index in [9.17, 15) is 9.59 Å². The number of amides is 2. The van der Waals surface area contributed by atoms with Crippen molar-refractivity contribution in [2.24, 2.45) is 5.92 Å². The number of carbonyl (C=O) groups is 2. The van der Waals surface area contributed by atoms with Crippen LogP contribution in [0.5, 0.6) is 0 Å². The van der Waals surface area contributed by atoms with Crippen molar-refractivity contribution in [2.45, 2.75) is 26.2 Å². The molecule has 7 nitrogen and oxygen atoms in total. The summed E-state index contributed by atoms with van der Waals surface area (Å²) >= 11 is 0. The number of nitrogens with zero attached hydrogens (tertiary/aromatic N) is 5. The lowest BCUT2D eigenvalue weighted by Crippen LogP contribution is -2.41. The lowest BCUT2D eigenvalue weighted by molar-refractivity contribution is 0.0667. The molecule has 3 aromatic rings. The molecule has 2 aromatic heterocycles. The lowest BCUT2D eigenvalue weighted by Gasteiger charge is -2.32. The number of piperidine rings is 1. The summed E-state index contributed by atoms with van der Waals surface area (Å²) in [6.45, 7) is 3.20. The largest absolute Gasteiger partial charge is 0.343 e. The average Bonchev–Trinajstić information content (AvgIpc) is 2.77. The zero-order valence-corrected chi connectivity index (χ0v) is 18.2. The van der Waals surface area contributed by atoms with Gasteiger partial charge in [-0.2, -0.15) is 0 Å². The Labute approximate surface area is 182 Å². The van der Waals surface area contributed by atoms with Crippen LogP contribution in [0, 0.1) is 12.8 Å². The molecule has 0 radical (unpaired) electrons. The predicted molar refractivity (Wildman–Crippen MR) is 119 cm³/mol. The molecule has 0 spiro atoms. The van der Waals surface area contributed by atoms with Crippen molar-refractivity contribution < 1.29 is 9.59 Å². The number of aryl methyl sites for hydroxylation is 1. The summed E-state index contributed by atoms with van der Waals surface area (Å²) in [4.78, 5) is 42.2. The molecule has 0 unspecified atom stereocenters. The number of hydrogen-bond acceptors (Lipinski definition) is 5. The van der Waals surface area contributed by atoms with E-state index in [4.69, 9.17) is 0 Å². The van der Waals surface area contributed by atoms with Crippen LogP contribution in [-0.4, -0.2) is 63.8 Å². The number of likely N-dealkylation sites (tertiary alicyclic amines) is 1. The molecule has 31 heavy (non-hydrogen) atoms. The third kappa shape index (κ3) is 4.71. The molecule has 1 atom stereocenters. The quantitative estimate of drug-likeness (QED) is 0.652. The van der Waals surface area contributed by atoms with E-state index in [2.05, 4.69) is 15.0 Å². The second-order valence-corrected chi connectivity index (χ2v) is 8.34. The van der Waals surface area contributed by atoms with Gasteiger partial charge in [0.25, 0.3) is 11.8 Å². The van der Waals surface area contributed by atoms with Crippen molar-refractivity contribution in [3.05, 3.63) is 65.4 Å². The highest BCUT2D eigenvalue weighted by atomic mass is 16.2. The predicted octanol–water partition coefficient (Wildman–Crippen LogP) is 3.13. The van der Waals surface area contributed by atoms with Crippen LogP contribution in [0.1, 0.15) is 45.3 Å². The van der Waals surface area contributed by atoms with E-state index >= 15 is 0 Å². The Morgan fingerprint density at radius 1 is 1.06 bits per heavy atom. The van der Waals surface area contributed by atoms with Gasteiger partial charge in [0.2, 0.25) is 0 Å². The molecule has 4 rings (SSSR count). The summed E-state index contributed by atoms with van der Waals surface area (Å²) < 4.78 is 0. The molecular weight excluding hydrogens is 390 g/mol. The van der Waals surface area contributed by atoms with E-state index in [1.54, 1.807) is 33.2 Å². The fraction of sp³-hybridized carbons (Fsp3) is 0.375. The molecule has 7 heteroatoms. The average molecular weight is 418 g/mol. The highest BCUT2D eigenvalue weighted by Crippen LogP contribution is 2.22. The summed E-state index contributed by atoms with van der Waals surface area (Å²) in [5.41, 5.74) is 2.57. The Hall–Kier alpha value is -3.35. The molecule has 2 amide bonds. The van der Waals surface area contributed by atoms with Gasteiger partial charge in [-0.3, -0.25) is 9.59 Å². The van der Waals surface area contributed by atoms with Crippen LogP contribution < -0.4 is 0 Å². The topological polar surface area (TPSA) is 79.3 Å². The first-order valence-electron chi connectivity index (χ1n) is 10.6. The number of benzene rings is 1. The zero-order chi connectivity index (χ0) is 22.0. The molecule has 0 N–H and O–H groups in total. The fourth-order valence-electron chi connectivity index (χ4n) is 4.13. The van der Waals surface area contributed by atoms with Gasteiger partial charge < -0.3 is 9.80 Å². The second-order valence-electron chi connectivity index (χ2n) is 8.34. The van der Waals surface area contributed by atoms with E-state index in [1.807, 2.05) is 35.2 Å². The Morgan fingerprint density at radius 3 is 2.68 bits per heavy atom. The first-order chi connectivity index (χ1) is 14.9. The summed E-state index contributed by atoms with van der Waals surface area (Å²) in [6, 6.07) is 13.3. The van der Waals surface area contributed by atoms with E-state index in [1.165, 1.54) is 4.90 Å². The molecule has 0 aliphatic carbocycles. The number of rotatable bonds is 4. The van der Waals surface area contributed by atoms with Crippen molar-refractivity contribution >= 4 is 22.7 Å². The molecule has 0 saturated carbocycles. The Balaban J connectivity index is 1.48. The SMILES string of the molecule is Cc1nc(C[C@H]2CCCN(C(=O)c3ccc4ccccc4n3)C2)cc(C(=O)N(C)C)n1. The second kappa shape index (κ2) is 8.79. The maximum atomic E-state index is 13.1. The van der Waals surface area contributed by atoms with Gasteiger partial charge in [-0.25, -0.2) is 15.0 Å². The molecule has 0 bridgehead atoms. The van der Waals surface area contributed by atoms with Gasteiger partial charge in [0.1, 0.15) is 17.2 Å². The van der Waals surface area contributed by atoms with Crippen LogP contribution in [0.15, 0.2) is 42.5 Å². The van der Waals surface area contributed by atoms with Gasteiger partial charge in [-0.15, -0.1) is 0 Å². The van der Waals surface area contributed by atoms with Crippen LogP contribution >= 0.6 is 0 Å².